The SMILES string of the molecule is COC(=O)C(=O)C(C)(C)C.COCC(=O)C(C)(C)C. The molecular weight excluding hydrogens is 248 g/mol. The Labute approximate surface area is 115 Å². The highest BCUT2D eigenvalue weighted by Crippen LogP contribution is 2.14. The number of carbonyl (C=O) groups excluding carboxylic acids is 3. The lowest BCUT2D eigenvalue weighted by molar-refractivity contribution is -0.155. The third-order valence-electron chi connectivity index (χ3n) is 2.16. The number of rotatable bonds is 3. The zero-order valence-electron chi connectivity index (χ0n) is 13.2. The second-order valence-corrected chi connectivity index (χ2v) is 6.18. The summed E-state index contributed by atoms with van der Waals surface area (Å²) < 4.78 is 8.93. The minimum atomic E-state index is -0.771. The normalized spacial score (nSPS) is 11.2. The number of hydrogen-bond acceptors (Lipinski definition) is 5. The van der Waals surface area contributed by atoms with Gasteiger partial charge in [-0.25, -0.2) is 4.79 Å². The molecule has 0 bridgehead atoms. The molecule has 0 aliphatic rings. The Morgan fingerprint density at radius 1 is 0.842 bits per heavy atom. The molecule has 0 aromatic heterocycles. The molecule has 0 aliphatic carbocycles. The van der Waals surface area contributed by atoms with E-state index in [1.165, 1.54) is 14.2 Å². The average molecular weight is 274 g/mol. The number of carbonyl (C=O) groups is 3. The number of esters is 1. The molecule has 19 heavy (non-hydrogen) atoms. The first-order valence-electron chi connectivity index (χ1n) is 6.03. The summed E-state index contributed by atoms with van der Waals surface area (Å²) in [6, 6.07) is 0. The fourth-order valence-corrected chi connectivity index (χ4v) is 0.746. The molecule has 0 heterocycles. The molecule has 0 N–H and O–H groups in total. The fraction of sp³-hybridized carbons (Fsp3) is 0.786. The number of Topliss-reactive ketones (excluding diaryl/α,β-unsaturated/α-hetero) is 2. The van der Waals surface area contributed by atoms with Crippen molar-refractivity contribution in [1.82, 2.24) is 0 Å². The van der Waals surface area contributed by atoms with E-state index < -0.39 is 17.2 Å². The summed E-state index contributed by atoms with van der Waals surface area (Å²) in [6.07, 6.45) is 0. The van der Waals surface area contributed by atoms with Gasteiger partial charge in [-0.1, -0.05) is 41.5 Å². The molecule has 0 unspecified atom stereocenters. The molecule has 0 radical (unpaired) electrons. The van der Waals surface area contributed by atoms with Gasteiger partial charge in [-0.3, -0.25) is 9.59 Å². The molecule has 112 valence electrons. The molecule has 0 rings (SSSR count). The predicted molar refractivity (Wildman–Crippen MR) is 72.8 cm³/mol. The van der Waals surface area contributed by atoms with Crippen molar-refractivity contribution < 1.29 is 23.9 Å². The first-order chi connectivity index (χ1) is 8.37. The Morgan fingerprint density at radius 2 is 1.26 bits per heavy atom. The van der Waals surface area contributed by atoms with Crippen LogP contribution in [0.25, 0.3) is 0 Å². The monoisotopic (exact) mass is 274 g/mol. The van der Waals surface area contributed by atoms with Gasteiger partial charge in [0.1, 0.15) is 6.61 Å². The summed E-state index contributed by atoms with van der Waals surface area (Å²) >= 11 is 0. The second kappa shape index (κ2) is 8.04. The van der Waals surface area contributed by atoms with Gasteiger partial charge in [-0.15, -0.1) is 0 Å². The van der Waals surface area contributed by atoms with Crippen LogP contribution in [-0.2, 0) is 23.9 Å². The molecule has 0 saturated heterocycles. The van der Waals surface area contributed by atoms with Crippen LogP contribution in [0.1, 0.15) is 41.5 Å². The molecule has 0 atom stereocenters. The van der Waals surface area contributed by atoms with E-state index in [4.69, 9.17) is 0 Å². The van der Waals surface area contributed by atoms with Crippen LogP contribution in [0.4, 0.5) is 0 Å². The first kappa shape index (κ1) is 20.1. The Morgan fingerprint density at radius 3 is 1.37 bits per heavy atom. The zero-order chi connectivity index (χ0) is 15.9. The van der Waals surface area contributed by atoms with Gasteiger partial charge in [0.05, 0.1) is 7.11 Å². The quantitative estimate of drug-likeness (QED) is 0.581. The minimum absolute atomic E-state index is 0.144. The largest absolute Gasteiger partial charge is 0.463 e. The van der Waals surface area contributed by atoms with Gasteiger partial charge >= 0.3 is 5.97 Å². The van der Waals surface area contributed by atoms with E-state index in [9.17, 15) is 14.4 Å². The van der Waals surface area contributed by atoms with Crippen molar-refractivity contribution in [1.29, 1.82) is 0 Å². The summed E-state index contributed by atoms with van der Waals surface area (Å²) in [5.74, 6) is -1.12. The van der Waals surface area contributed by atoms with Gasteiger partial charge in [0.25, 0.3) is 0 Å². The van der Waals surface area contributed by atoms with E-state index in [-0.39, 0.29) is 17.8 Å². The minimum Gasteiger partial charge on any atom is -0.463 e. The molecule has 0 spiro atoms. The highest BCUT2D eigenvalue weighted by molar-refractivity contribution is 6.35. The molecule has 0 aromatic carbocycles. The average Bonchev–Trinajstić information content (AvgIpc) is 2.25. The third-order valence-corrected chi connectivity index (χ3v) is 2.16. The molecule has 0 aliphatic heterocycles. The van der Waals surface area contributed by atoms with Crippen molar-refractivity contribution in [3.63, 3.8) is 0 Å². The van der Waals surface area contributed by atoms with Crippen LogP contribution >= 0.6 is 0 Å². The van der Waals surface area contributed by atoms with Crippen LogP contribution in [0.3, 0.4) is 0 Å². The van der Waals surface area contributed by atoms with E-state index in [0.717, 1.165) is 0 Å². The van der Waals surface area contributed by atoms with Gasteiger partial charge in [0, 0.05) is 17.9 Å². The molecule has 0 amide bonds. The van der Waals surface area contributed by atoms with Gasteiger partial charge in [0.2, 0.25) is 5.78 Å². The summed E-state index contributed by atoms with van der Waals surface area (Å²) in [7, 11) is 2.73. The Bertz CT molecular complexity index is 318. The lowest BCUT2D eigenvalue weighted by Gasteiger charge is -2.14. The Balaban J connectivity index is 0. The van der Waals surface area contributed by atoms with Crippen LogP contribution in [-0.4, -0.2) is 38.4 Å². The predicted octanol–water partition coefficient (Wildman–Crippen LogP) is 2.02. The van der Waals surface area contributed by atoms with E-state index in [1.54, 1.807) is 20.8 Å². The van der Waals surface area contributed by atoms with E-state index >= 15 is 0 Å². The van der Waals surface area contributed by atoms with E-state index in [1.807, 2.05) is 20.8 Å². The smallest absolute Gasteiger partial charge is 0.374 e. The number of methoxy groups -OCH3 is 2. The highest BCUT2D eigenvalue weighted by Gasteiger charge is 2.28. The van der Waals surface area contributed by atoms with Crippen molar-refractivity contribution >= 4 is 17.5 Å². The lowest BCUT2D eigenvalue weighted by atomic mass is 9.91. The number of hydrogen-bond donors (Lipinski definition) is 0. The fourth-order valence-electron chi connectivity index (χ4n) is 0.746. The molecule has 0 fully saturated rings. The maximum atomic E-state index is 10.9. The standard InChI is InChI=1S/C7H12O3.C7H14O2/c1-7(2,3)5(8)6(9)10-4;1-7(2,3)6(8)5-9-4/h1-4H3;5H2,1-4H3. The van der Waals surface area contributed by atoms with Crippen LogP contribution in [0.5, 0.6) is 0 Å². The highest BCUT2D eigenvalue weighted by atomic mass is 16.5. The molecule has 5 heteroatoms. The van der Waals surface area contributed by atoms with Crippen LogP contribution in [0.15, 0.2) is 0 Å². The maximum absolute atomic E-state index is 10.9. The zero-order valence-corrected chi connectivity index (χ0v) is 13.2. The van der Waals surface area contributed by atoms with Gasteiger partial charge < -0.3 is 9.47 Å². The molecule has 0 saturated carbocycles. The summed E-state index contributed by atoms with van der Waals surface area (Å²) in [6.45, 7) is 10.9. The van der Waals surface area contributed by atoms with Crippen molar-refractivity contribution in [2.75, 3.05) is 20.8 Å². The van der Waals surface area contributed by atoms with Crippen molar-refractivity contribution in [3.05, 3.63) is 0 Å². The molecule has 0 aromatic rings. The molecular formula is C14H26O5. The summed E-state index contributed by atoms with van der Waals surface area (Å²) in [5.41, 5.74) is -0.886. The van der Waals surface area contributed by atoms with E-state index in [0.29, 0.717) is 0 Å². The van der Waals surface area contributed by atoms with E-state index in [2.05, 4.69) is 9.47 Å². The van der Waals surface area contributed by atoms with Gasteiger partial charge in [-0.05, 0) is 0 Å². The Hall–Kier alpha value is -1.23. The van der Waals surface area contributed by atoms with Crippen LogP contribution in [0.2, 0.25) is 0 Å². The van der Waals surface area contributed by atoms with Gasteiger partial charge in [0.15, 0.2) is 5.78 Å². The summed E-state index contributed by atoms with van der Waals surface area (Å²) in [4.78, 5) is 32.4. The summed E-state index contributed by atoms with van der Waals surface area (Å²) in [5, 5.41) is 0. The lowest BCUT2D eigenvalue weighted by Crippen LogP contribution is -2.29. The topological polar surface area (TPSA) is 69.7 Å². The Kier molecular flexibility index (Phi) is 8.51. The first-order valence-corrected chi connectivity index (χ1v) is 6.03. The van der Waals surface area contributed by atoms with Crippen molar-refractivity contribution in [2.45, 2.75) is 41.5 Å². The van der Waals surface area contributed by atoms with Crippen molar-refractivity contribution in [3.8, 4) is 0 Å². The number of ketones is 2. The van der Waals surface area contributed by atoms with Gasteiger partial charge in [-0.2, -0.15) is 0 Å². The van der Waals surface area contributed by atoms with Crippen LogP contribution < -0.4 is 0 Å². The maximum Gasteiger partial charge on any atom is 0.374 e. The van der Waals surface area contributed by atoms with Crippen molar-refractivity contribution in [2.24, 2.45) is 10.8 Å². The molecule has 5 nitrogen and oxygen atoms in total. The second-order valence-electron chi connectivity index (χ2n) is 6.18. The third kappa shape index (κ3) is 9.36. The van der Waals surface area contributed by atoms with Crippen LogP contribution in [0, 0.1) is 10.8 Å². The number of ether oxygens (including phenoxy) is 2.